The summed E-state index contributed by atoms with van der Waals surface area (Å²) in [5.74, 6) is -0.422. The molecule has 0 aliphatic carbocycles. The van der Waals surface area contributed by atoms with Crippen molar-refractivity contribution in [2.75, 3.05) is 5.32 Å². The average molecular weight is 459 g/mol. The standard InChI is InChI=1S/C22H23FN4O2S2/c1-13(2)18(24-19(28)16-6-4-5-14(3)11-16)20(29)25-21-26-27-22(31-21)30-12-15-7-9-17(23)10-8-15/h4-11,13,18H,12H2,1-3H3,(H,24,28)(H,25,26,29)/t18-/m0/s1. The Labute approximate surface area is 188 Å². The van der Waals surface area contributed by atoms with Gasteiger partial charge in [-0.05, 0) is 42.7 Å². The minimum Gasteiger partial charge on any atom is -0.340 e. The van der Waals surface area contributed by atoms with E-state index in [4.69, 9.17) is 0 Å². The fraction of sp³-hybridized carbons (Fsp3) is 0.273. The molecule has 0 bridgehead atoms. The predicted molar refractivity (Wildman–Crippen MR) is 122 cm³/mol. The molecule has 162 valence electrons. The molecule has 1 heterocycles. The second-order valence-corrected chi connectivity index (χ2v) is 9.54. The van der Waals surface area contributed by atoms with E-state index in [2.05, 4.69) is 20.8 Å². The molecule has 2 amide bonds. The van der Waals surface area contributed by atoms with Gasteiger partial charge in [0.1, 0.15) is 11.9 Å². The van der Waals surface area contributed by atoms with Gasteiger partial charge in [-0.15, -0.1) is 10.2 Å². The zero-order chi connectivity index (χ0) is 22.4. The minimum atomic E-state index is -0.716. The number of halogens is 1. The molecule has 6 nitrogen and oxygen atoms in total. The number of rotatable bonds is 8. The topological polar surface area (TPSA) is 84.0 Å². The van der Waals surface area contributed by atoms with Crippen LogP contribution in [-0.4, -0.2) is 28.1 Å². The van der Waals surface area contributed by atoms with Gasteiger partial charge in [-0.3, -0.25) is 14.9 Å². The molecule has 0 radical (unpaired) electrons. The molecule has 0 fully saturated rings. The largest absolute Gasteiger partial charge is 0.340 e. The molecule has 2 N–H and O–H groups in total. The lowest BCUT2D eigenvalue weighted by atomic mass is 10.0. The number of carbonyl (C=O) groups is 2. The number of nitrogens with one attached hydrogen (secondary N) is 2. The predicted octanol–water partition coefficient (Wildman–Crippen LogP) is 4.67. The summed E-state index contributed by atoms with van der Waals surface area (Å²) in [5.41, 5.74) is 2.44. The van der Waals surface area contributed by atoms with Crippen LogP contribution in [0.5, 0.6) is 0 Å². The quantitative estimate of drug-likeness (QED) is 0.379. The van der Waals surface area contributed by atoms with Crippen molar-refractivity contribution in [2.45, 2.75) is 36.9 Å². The van der Waals surface area contributed by atoms with Gasteiger partial charge in [0.2, 0.25) is 11.0 Å². The number of nitrogens with zero attached hydrogens (tertiary/aromatic N) is 2. The van der Waals surface area contributed by atoms with Gasteiger partial charge in [0.15, 0.2) is 4.34 Å². The fourth-order valence-corrected chi connectivity index (χ4v) is 4.48. The minimum absolute atomic E-state index is 0.117. The summed E-state index contributed by atoms with van der Waals surface area (Å²) in [5, 5.41) is 14.0. The molecule has 9 heteroatoms. The van der Waals surface area contributed by atoms with Crippen LogP contribution < -0.4 is 10.6 Å². The van der Waals surface area contributed by atoms with Crippen molar-refractivity contribution < 1.29 is 14.0 Å². The van der Waals surface area contributed by atoms with E-state index in [0.29, 0.717) is 20.8 Å². The molecule has 3 aromatic rings. The number of amides is 2. The van der Waals surface area contributed by atoms with E-state index in [1.807, 2.05) is 26.8 Å². The molecule has 3 rings (SSSR count). The van der Waals surface area contributed by atoms with E-state index in [1.165, 1.54) is 35.2 Å². The van der Waals surface area contributed by atoms with Crippen LogP contribution in [-0.2, 0) is 10.5 Å². The van der Waals surface area contributed by atoms with E-state index < -0.39 is 6.04 Å². The van der Waals surface area contributed by atoms with Crippen LogP contribution in [0.25, 0.3) is 0 Å². The van der Waals surface area contributed by atoms with Crippen molar-refractivity contribution >= 4 is 40.0 Å². The lowest BCUT2D eigenvalue weighted by molar-refractivity contribution is -0.118. The van der Waals surface area contributed by atoms with Crippen molar-refractivity contribution in [3.05, 3.63) is 71.0 Å². The molecule has 0 spiro atoms. The number of benzene rings is 2. The summed E-state index contributed by atoms with van der Waals surface area (Å²) in [4.78, 5) is 25.3. The van der Waals surface area contributed by atoms with Crippen molar-refractivity contribution in [3.63, 3.8) is 0 Å². The summed E-state index contributed by atoms with van der Waals surface area (Å²) in [7, 11) is 0. The highest BCUT2D eigenvalue weighted by atomic mass is 32.2. The van der Waals surface area contributed by atoms with Crippen LogP contribution in [0.4, 0.5) is 9.52 Å². The maximum Gasteiger partial charge on any atom is 0.251 e. The molecule has 1 atom stereocenters. The Hall–Kier alpha value is -2.78. The number of carbonyl (C=O) groups excluding carboxylic acids is 2. The lowest BCUT2D eigenvalue weighted by Crippen LogP contribution is -2.47. The Morgan fingerprint density at radius 2 is 1.87 bits per heavy atom. The van der Waals surface area contributed by atoms with Gasteiger partial charge in [0.05, 0.1) is 0 Å². The van der Waals surface area contributed by atoms with Crippen LogP contribution in [0, 0.1) is 18.7 Å². The lowest BCUT2D eigenvalue weighted by Gasteiger charge is -2.21. The van der Waals surface area contributed by atoms with Gasteiger partial charge in [0.25, 0.3) is 5.91 Å². The normalized spacial score (nSPS) is 11.9. The summed E-state index contributed by atoms with van der Waals surface area (Å²) in [6, 6.07) is 12.8. The number of hydrogen-bond donors (Lipinski definition) is 2. The maximum atomic E-state index is 13.0. The fourth-order valence-electron chi connectivity index (χ4n) is 2.77. The highest BCUT2D eigenvalue weighted by Gasteiger charge is 2.25. The third kappa shape index (κ3) is 6.60. The van der Waals surface area contributed by atoms with Crippen molar-refractivity contribution in [1.29, 1.82) is 0 Å². The van der Waals surface area contributed by atoms with Crippen LogP contribution in [0.2, 0.25) is 0 Å². The molecule has 0 aliphatic rings. The monoisotopic (exact) mass is 458 g/mol. The van der Waals surface area contributed by atoms with E-state index in [0.717, 1.165) is 11.1 Å². The SMILES string of the molecule is Cc1cccc(C(=O)N[C@H](C(=O)Nc2nnc(SCc3ccc(F)cc3)s2)C(C)C)c1. The first-order chi connectivity index (χ1) is 14.8. The van der Waals surface area contributed by atoms with Crippen molar-refractivity contribution in [2.24, 2.45) is 5.92 Å². The highest BCUT2D eigenvalue weighted by molar-refractivity contribution is 8.00. The first-order valence-corrected chi connectivity index (χ1v) is 11.5. The zero-order valence-electron chi connectivity index (χ0n) is 17.4. The smallest absolute Gasteiger partial charge is 0.251 e. The Morgan fingerprint density at radius 1 is 1.13 bits per heavy atom. The summed E-state index contributed by atoms with van der Waals surface area (Å²) in [6.07, 6.45) is 0. The number of aromatic nitrogens is 2. The number of aryl methyl sites for hydroxylation is 1. The molecule has 0 saturated carbocycles. The Morgan fingerprint density at radius 3 is 2.55 bits per heavy atom. The maximum absolute atomic E-state index is 13.0. The number of hydrogen-bond acceptors (Lipinski definition) is 6. The van der Waals surface area contributed by atoms with Crippen LogP contribution >= 0.6 is 23.1 Å². The van der Waals surface area contributed by atoms with Gasteiger partial charge in [-0.1, -0.05) is 66.8 Å². The Bertz CT molecular complexity index is 1050. The van der Waals surface area contributed by atoms with Gasteiger partial charge >= 0.3 is 0 Å². The van der Waals surface area contributed by atoms with E-state index in [1.54, 1.807) is 30.3 Å². The van der Waals surface area contributed by atoms with Gasteiger partial charge in [0, 0.05) is 11.3 Å². The van der Waals surface area contributed by atoms with Crippen molar-refractivity contribution in [3.8, 4) is 0 Å². The number of anilines is 1. The average Bonchev–Trinajstić information content (AvgIpc) is 3.18. The summed E-state index contributed by atoms with van der Waals surface area (Å²) < 4.78 is 13.7. The molecule has 0 aliphatic heterocycles. The number of thioether (sulfide) groups is 1. The van der Waals surface area contributed by atoms with Gasteiger partial charge in [-0.25, -0.2) is 4.39 Å². The first kappa shape index (κ1) is 22.9. The van der Waals surface area contributed by atoms with Gasteiger partial charge in [-0.2, -0.15) is 0 Å². The molecule has 0 unspecified atom stereocenters. The van der Waals surface area contributed by atoms with Crippen LogP contribution in [0.1, 0.15) is 35.3 Å². The second kappa shape index (κ2) is 10.5. The zero-order valence-corrected chi connectivity index (χ0v) is 19.0. The second-order valence-electron chi connectivity index (χ2n) is 7.34. The molecule has 31 heavy (non-hydrogen) atoms. The third-order valence-corrected chi connectivity index (χ3v) is 6.47. The molecule has 2 aromatic carbocycles. The van der Waals surface area contributed by atoms with E-state index >= 15 is 0 Å². The molecule has 1 aromatic heterocycles. The van der Waals surface area contributed by atoms with Crippen molar-refractivity contribution in [1.82, 2.24) is 15.5 Å². The Kier molecular flexibility index (Phi) is 7.75. The summed E-state index contributed by atoms with van der Waals surface area (Å²) >= 11 is 2.70. The van der Waals surface area contributed by atoms with Crippen LogP contribution in [0.3, 0.4) is 0 Å². The van der Waals surface area contributed by atoms with E-state index in [-0.39, 0.29) is 23.5 Å². The van der Waals surface area contributed by atoms with E-state index in [9.17, 15) is 14.0 Å². The first-order valence-electron chi connectivity index (χ1n) is 9.71. The molecule has 0 saturated heterocycles. The van der Waals surface area contributed by atoms with Crippen LogP contribution in [0.15, 0.2) is 52.9 Å². The third-order valence-electron chi connectivity index (χ3n) is 4.43. The highest BCUT2D eigenvalue weighted by Crippen LogP contribution is 2.28. The summed E-state index contributed by atoms with van der Waals surface area (Å²) in [6.45, 7) is 5.64. The molecular weight excluding hydrogens is 435 g/mol. The van der Waals surface area contributed by atoms with Gasteiger partial charge < -0.3 is 5.32 Å². The Balaban J connectivity index is 1.59. The molecular formula is C22H23FN4O2S2.